The normalized spacial score (nSPS) is 10.7. The number of pyridine rings is 1. The Morgan fingerprint density at radius 1 is 1.50 bits per heavy atom. The van der Waals surface area contributed by atoms with E-state index in [2.05, 4.69) is 25.9 Å². The maximum atomic E-state index is 11.5. The molecule has 0 spiro atoms. The number of fused-ring (bicyclic) bond motifs is 1. The van der Waals surface area contributed by atoms with Crippen LogP contribution in [0.25, 0.3) is 11.0 Å². The molecule has 2 rings (SSSR count). The lowest BCUT2D eigenvalue weighted by molar-refractivity contribution is 0.458. The Balaban J connectivity index is 3.06. The fraction of sp³-hybridized carbons (Fsp3) is 0.125. The van der Waals surface area contributed by atoms with E-state index in [-0.39, 0.29) is 11.4 Å². The molecule has 5 nitrogen and oxygen atoms in total. The van der Waals surface area contributed by atoms with Crippen LogP contribution in [0.3, 0.4) is 0 Å². The van der Waals surface area contributed by atoms with Crippen LogP contribution in [-0.2, 0) is 7.05 Å². The van der Waals surface area contributed by atoms with E-state index in [1.54, 1.807) is 7.05 Å². The zero-order chi connectivity index (χ0) is 10.3. The first-order valence-electron chi connectivity index (χ1n) is 3.80. The van der Waals surface area contributed by atoms with Crippen molar-refractivity contribution in [3.05, 3.63) is 27.2 Å². The summed E-state index contributed by atoms with van der Waals surface area (Å²) in [7, 11) is 1.59. The van der Waals surface area contributed by atoms with E-state index in [0.717, 1.165) is 0 Å². The van der Waals surface area contributed by atoms with Crippen molar-refractivity contribution in [3.8, 4) is 5.88 Å². The molecule has 0 aliphatic heterocycles. The molecule has 6 heteroatoms. The predicted molar refractivity (Wildman–Crippen MR) is 54.1 cm³/mol. The summed E-state index contributed by atoms with van der Waals surface area (Å²) in [6, 6.07) is 1.51. The van der Waals surface area contributed by atoms with Crippen molar-refractivity contribution in [2.45, 2.75) is 0 Å². The number of halogens is 1. The number of rotatable bonds is 0. The number of aryl methyl sites for hydroxylation is 1. The molecule has 2 aromatic heterocycles. The van der Waals surface area contributed by atoms with Crippen LogP contribution in [0.5, 0.6) is 5.88 Å². The molecular formula is C8H6BrN3O2. The Labute approximate surface area is 87.2 Å². The summed E-state index contributed by atoms with van der Waals surface area (Å²) in [4.78, 5) is 19.0. The number of hydrogen-bond donors (Lipinski definition) is 1. The van der Waals surface area contributed by atoms with Gasteiger partial charge in [0.2, 0.25) is 5.88 Å². The number of hydrogen-bond acceptors (Lipinski definition) is 4. The summed E-state index contributed by atoms with van der Waals surface area (Å²) < 4.78 is 1.72. The highest BCUT2D eigenvalue weighted by molar-refractivity contribution is 9.10. The first-order valence-corrected chi connectivity index (χ1v) is 4.60. The maximum absolute atomic E-state index is 11.5. The van der Waals surface area contributed by atoms with Crippen LogP contribution in [0.15, 0.2) is 21.7 Å². The van der Waals surface area contributed by atoms with Crippen LogP contribution in [0.4, 0.5) is 0 Å². The molecule has 0 amide bonds. The SMILES string of the molecule is Cn1c(=O)c(Br)cc2c(O)ncnc21. The lowest BCUT2D eigenvalue weighted by atomic mass is 10.3. The molecule has 0 unspecified atom stereocenters. The monoisotopic (exact) mass is 255 g/mol. The van der Waals surface area contributed by atoms with Crippen LogP contribution < -0.4 is 5.56 Å². The van der Waals surface area contributed by atoms with Gasteiger partial charge in [0.15, 0.2) is 0 Å². The van der Waals surface area contributed by atoms with Crippen molar-refractivity contribution in [1.29, 1.82) is 0 Å². The van der Waals surface area contributed by atoms with Gasteiger partial charge in [0.1, 0.15) is 12.0 Å². The van der Waals surface area contributed by atoms with Gasteiger partial charge in [0.25, 0.3) is 5.56 Å². The number of nitrogens with zero attached hydrogens (tertiary/aromatic N) is 3. The average Bonchev–Trinajstić information content (AvgIpc) is 2.17. The van der Waals surface area contributed by atoms with Crippen LogP contribution >= 0.6 is 15.9 Å². The highest BCUT2D eigenvalue weighted by atomic mass is 79.9. The van der Waals surface area contributed by atoms with E-state index in [1.807, 2.05) is 0 Å². The lowest BCUT2D eigenvalue weighted by Gasteiger charge is -2.04. The largest absolute Gasteiger partial charge is 0.493 e. The Hall–Kier alpha value is -1.43. The average molecular weight is 256 g/mol. The zero-order valence-electron chi connectivity index (χ0n) is 7.23. The summed E-state index contributed by atoms with van der Waals surface area (Å²) in [6.45, 7) is 0. The van der Waals surface area contributed by atoms with Crippen LogP contribution in [0.1, 0.15) is 0 Å². The van der Waals surface area contributed by atoms with Crippen molar-refractivity contribution >= 4 is 27.0 Å². The van der Waals surface area contributed by atoms with Gasteiger partial charge in [-0.05, 0) is 22.0 Å². The minimum absolute atomic E-state index is 0.133. The van der Waals surface area contributed by atoms with Gasteiger partial charge in [-0.15, -0.1) is 0 Å². The molecule has 0 aliphatic carbocycles. The zero-order valence-corrected chi connectivity index (χ0v) is 8.82. The van der Waals surface area contributed by atoms with Gasteiger partial charge in [-0.25, -0.2) is 9.97 Å². The van der Waals surface area contributed by atoms with Crippen molar-refractivity contribution in [2.75, 3.05) is 0 Å². The summed E-state index contributed by atoms with van der Waals surface area (Å²) in [5.41, 5.74) is 0.210. The minimum atomic E-state index is -0.199. The first-order chi connectivity index (χ1) is 6.61. The van der Waals surface area contributed by atoms with Gasteiger partial charge in [-0.3, -0.25) is 9.36 Å². The molecule has 2 aromatic rings. The molecule has 0 bridgehead atoms. The Morgan fingerprint density at radius 3 is 2.93 bits per heavy atom. The van der Waals surface area contributed by atoms with Gasteiger partial charge in [-0.2, -0.15) is 0 Å². The quantitative estimate of drug-likeness (QED) is 0.756. The third kappa shape index (κ3) is 1.19. The molecular weight excluding hydrogens is 250 g/mol. The Kier molecular flexibility index (Phi) is 1.99. The molecule has 0 radical (unpaired) electrons. The smallest absolute Gasteiger partial charge is 0.266 e. The van der Waals surface area contributed by atoms with Crippen LogP contribution in [0.2, 0.25) is 0 Å². The predicted octanol–water partition coefficient (Wildman–Crippen LogP) is 0.797. The molecule has 0 saturated carbocycles. The van der Waals surface area contributed by atoms with Gasteiger partial charge in [-0.1, -0.05) is 0 Å². The topological polar surface area (TPSA) is 68.0 Å². The fourth-order valence-corrected chi connectivity index (χ4v) is 1.71. The molecule has 1 N–H and O–H groups in total. The van der Waals surface area contributed by atoms with Crippen molar-refractivity contribution < 1.29 is 5.11 Å². The van der Waals surface area contributed by atoms with Crippen molar-refractivity contribution in [3.63, 3.8) is 0 Å². The van der Waals surface area contributed by atoms with Gasteiger partial charge >= 0.3 is 0 Å². The van der Waals surface area contributed by atoms with Gasteiger partial charge in [0.05, 0.1) is 9.86 Å². The molecule has 2 heterocycles. The van der Waals surface area contributed by atoms with E-state index >= 15 is 0 Å². The number of aromatic hydroxyl groups is 1. The maximum Gasteiger partial charge on any atom is 0.266 e. The van der Waals surface area contributed by atoms with E-state index in [4.69, 9.17) is 0 Å². The summed E-state index contributed by atoms with van der Waals surface area (Å²) in [5, 5.41) is 9.87. The first kappa shape index (κ1) is 9.14. The van der Waals surface area contributed by atoms with E-state index in [0.29, 0.717) is 15.5 Å². The van der Waals surface area contributed by atoms with Crippen LogP contribution in [0, 0.1) is 0 Å². The molecule has 0 atom stereocenters. The van der Waals surface area contributed by atoms with Gasteiger partial charge < -0.3 is 5.11 Å². The highest BCUT2D eigenvalue weighted by Crippen LogP contribution is 2.20. The summed E-state index contributed by atoms with van der Waals surface area (Å²) in [5.74, 6) is -0.133. The second-order valence-electron chi connectivity index (χ2n) is 2.79. The molecule has 72 valence electrons. The Bertz CT molecular complexity index is 564. The van der Waals surface area contributed by atoms with Crippen molar-refractivity contribution in [2.24, 2.45) is 7.05 Å². The lowest BCUT2D eigenvalue weighted by Crippen LogP contribution is -2.18. The third-order valence-electron chi connectivity index (χ3n) is 1.94. The van der Waals surface area contributed by atoms with Crippen LogP contribution in [-0.4, -0.2) is 19.6 Å². The van der Waals surface area contributed by atoms with E-state index in [9.17, 15) is 9.90 Å². The third-order valence-corrected chi connectivity index (χ3v) is 2.51. The second kappa shape index (κ2) is 3.06. The summed E-state index contributed by atoms with van der Waals surface area (Å²) >= 11 is 3.10. The van der Waals surface area contributed by atoms with E-state index in [1.165, 1.54) is 17.0 Å². The van der Waals surface area contributed by atoms with Gasteiger partial charge in [0, 0.05) is 7.05 Å². The highest BCUT2D eigenvalue weighted by Gasteiger charge is 2.08. The fourth-order valence-electron chi connectivity index (χ4n) is 1.22. The Morgan fingerprint density at radius 2 is 2.21 bits per heavy atom. The molecule has 0 saturated heterocycles. The molecule has 0 fully saturated rings. The standard InChI is InChI=1S/C8H6BrN3O2/c1-12-6-4(2-5(9)8(12)14)7(13)11-3-10-6/h2-3H,1H3,(H,10,11,13). The second-order valence-corrected chi connectivity index (χ2v) is 3.65. The van der Waals surface area contributed by atoms with Crippen molar-refractivity contribution in [1.82, 2.24) is 14.5 Å². The molecule has 0 aliphatic rings. The number of aromatic nitrogens is 3. The molecule has 14 heavy (non-hydrogen) atoms. The van der Waals surface area contributed by atoms with E-state index < -0.39 is 0 Å². The minimum Gasteiger partial charge on any atom is -0.493 e. The summed E-state index contributed by atoms with van der Waals surface area (Å²) in [6.07, 6.45) is 1.21. The molecule has 0 aromatic carbocycles.